The average molecular weight is 599 g/mol. The van der Waals surface area contributed by atoms with Crippen molar-refractivity contribution in [1.29, 1.82) is 0 Å². The Hall–Kier alpha value is -4.15. The molecule has 0 aromatic heterocycles. The fourth-order valence-corrected chi connectivity index (χ4v) is 4.08. The van der Waals surface area contributed by atoms with Crippen LogP contribution in [0.5, 0.6) is 0 Å². The predicted octanol–water partition coefficient (Wildman–Crippen LogP) is 6.05. The summed E-state index contributed by atoms with van der Waals surface area (Å²) >= 11 is 0. The highest BCUT2D eigenvalue weighted by atomic mass is 32.2. The van der Waals surface area contributed by atoms with E-state index < -0.39 is 57.2 Å². The van der Waals surface area contributed by atoms with Crippen molar-refractivity contribution in [3.05, 3.63) is 112 Å². The number of halogens is 7. The van der Waals surface area contributed by atoms with Gasteiger partial charge in [-0.3, -0.25) is 4.79 Å². The highest BCUT2D eigenvalue weighted by Gasteiger charge is 2.38. The zero-order chi connectivity index (χ0) is 30.4. The summed E-state index contributed by atoms with van der Waals surface area (Å²) < 4.78 is 119. The molecule has 0 radical (unpaired) electrons. The molecule has 0 aliphatic rings. The zero-order valence-corrected chi connectivity index (χ0v) is 21.8. The van der Waals surface area contributed by atoms with Crippen molar-refractivity contribution in [3.63, 3.8) is 0 Å². The van der Waals surface area contributed by atoms with E-state index in [2.05, 4.69) is 23.1 Å². The number of sulfonamides is 1. The van der Waals surface area contributed by atoms with Crippen LogP contribution in [0.2, 0.25) is 0 Å². The molecule has 0 spiro atoms. The second-order valence-electron chi connectivity index (χ2n) is 8.54. The average Bonchev–Trinajstić information content (AvgIpc) is 2.90. The van der Waals surface area contributed by atoms with Gasteiger partial charge in [-0.25, -0.2) is 17.5 Å². The standard InChI is InChI=1S/C28H21F7N2O3S/c1-2-41(39,40)36-18-20-6-3-5-19(15-20)7-4-14-37(24-12-10-23(29)11-13-24)26(38)16-21-8-9-22(27(30,31)32)17-25(21)28(33,34)35/h2-3,5-6,8-13,15,17,36H,1,14,16,18H2. The summed E-state index contributed by atoms with van der Waals surface area (Å²) in [4.78, 5) is 14.1. The molecule has 13 heteroatoms. The van der Waals surface area contributed by atoms with E-state index in [-0.39, 0.29) is 24.8 Å². The first kappa shape index (κ1) is 31.4. The van der Waals surface area contributed by atoms with Crippen molar-refractivity contribution in [1.82, 2.24) is 4.72 Å². The molecule has 0 saturated heterocycles. The lowest BCUT2D eigenvalue weighted by Crippen LogP contribution is -2.33. The summed E-state index contributed by atoms with van der Waals surface area (Å²) in [6, 6.07) is 11.9. The van der Waals surface area contributed by atoms with Gasteiger partial charge in [-0.15, -0.1) is 0 Å². The lowest BCUT2D eigenvalue weighted by atomic mass is 10.00. The number of amides is 1. The molecule has 3 rings (SSSR count). The Bertz CT molecular complexity index is 1590. The number of hydrogen-bond donors (Lipinski definition) is 1. The topological polar surface area (TPSA) is 66.5 Å². The van der Waals surface area contributed by atoms with Gasteiger partial charge in [0.25, 0.3) is 0 Å². The quantitative estimate of drug-likeness (QED) is 0.254. The number of carbonyl (C=O) groups excluding carboxylic acids is 1. The second kappa shape index (κ2) is 12.6. The Labute approximate surface area is 231 Å². The Morgan fingerprint density at radius 1 is 0.951 bits per heavy atom. The van der Waals surface area contributed by atoms with Crippen LogP contribution in [-0.2, 0) is 40.1 Å². The van der Waals surface area contributed by atoms with E-state index in [9.17, 15) is 43.9 Å². The van der Waals surface area contributed by atoms with Crippen LogP contribution in [0.15, 0.2) is 78.7 Å². The third-order valence-corrected chi connectivity index (χ3v) is 6.60. The van der Waals surface area contributed by atoms with Gasteiger partial charge in [-0.1, -0.05) is 36.6 Å². The third kappa shape index (κ3) is 8.92. The minimum absolute atomic E-state index is 0.0488. The van der Waals surface area contributed by atoms with Crippen LogP contribution in [0.3, 0.4) is 0 Å². The van der Waals surface area contributed by atoms with Crippen LogP contribution in [-0.4, -0.2) is 20.9 Å². The van der Waals surface area contributed by atoms with Gasteiger partial charge >= 0.3 is 12.4 Å². The summed E-state index contributed by atoms with van der Waals surface area (Å²) in [5, 5.41) is 0.750. The molecule has 3 aromatic rings. The molecule has 5 nitrogen and oxygen atoms in total. The van der Waals surface area contributed by atoms with Crippen molar-refractivity contribution in [2.45, 2.75) is 25.3 Å². The van der Waals surface area contributed by atoms with Gasteiger partial charge in [0.1, 0.15) is 5.82 Å². The number of benzene rings is 3. The lowest BCUT2D eigenvalue weighted by Gasteiger charge is -2.22. The summed E-state index contributed by atoms with van der Waals surface area (Å²) in [6.07, 6.45) is -11.1. The maximum absolute atomic E-state index is 13.6. The van der Waals surface area contributed by atoms with Gasteiger partial charge in [-0.05, 0) is 59.7 Å². The van der Waals surface area contributed by atoms with E-state index in [0.717, 1.165) is 22.4 Å². The van der Waals surface area contributed by atoms with Crippen LogP contribution in [0.4, 0.5) is 36.4 Å². The minimum atomic E-state index is -5.16. The zero-order valence-electron chi connectivity index (χ0n) is 21.0. The van der Waals surface area contributed by atoms with Gasteiger partial charge < -0.3 is 4.90 Å². The Morgan fingerprint density at radius 3 is 2.24 bits per heavy atom. The molecule has 0 aliphatic heterocycles. The van der Waals surface area contributed by atoms with Crippen LogP contribution < -0.4 is 9.62 Å². The normalized spacial score (nSPS) is 11.9. The van der Waals surface area contributed by atoms with Crippen molar-refractivity contribution >= 4 is 21.6 Å². The van der Waals surface area contributed by atoms with Gasteiger partial charge in [-0.2, -0.15) is 26.3 Å². The van der Waals surface area contributed by atoms with E-state index in [1.807, 2.05) is 0 Å². The van der Waals surface area contributed by atoms with Crippen LogP contribution in [0, 0.1) is 17.7 Å². The maximum atomic E-state index is 13.6. The molecule has 0 fully saturated rings. The van der Waals surface area contributed by atoms with Crippen molar-refractivity contribution in [3.8, 4) is 11.8 Å². The molecule has 216 valence electrons. The van der Waals surface area contributed by atoms with Gasteiger partial charge in [0.2, 0.25) is 15.9 Å². The molecule has 0 bridgehead atoms. The van der Waals surface area contributed by atoms with Gasteiger partial charge in [0.15, 0.2) is 0 Å². The third-order valence-electron chi connectivity index (χ3n) is 5.62. The number of carbonyl (C=O) groups is 1. The Morgan fingerprint density at radius 2 is 1.63 bits per heavy atom. The number of nitrogens with zero attached hydrogens (tertiary/aromatic N) is 1. The molecule has 0 atom stereocenters. The summed E-state index contributed by atoms with van der Waals surface area (Å²) in [7, 11) is -3.67. The molecular formula is C28H21F7N2O3S. The van der Waals surface area contributed by atoms with Crippen molar-refractivity contribution < 1.29 is 43.9 Å². The monoisotopic (exact) mass is 598 g/mol. The van der Waals surface area contributed by atoms with Crippen LogP contribution in [0.1, 0.15) is 27.8 Å². The molecule has 0 unspecified atom stereocenters. The van der Waals surface area contributed by atoms with E-state index in [4.69, 9.17) is 0 Å². The highest BCUT2D eigenvalue weighted by molar-refractivity contribution is 7.92. The number of alkyl halides is 6. The fraction of sp³-hybridized carbons (Fsp3) is 0.179. The van der Waals surface area contributed by atoms with Gasteiger partial charge in [0, 0.05) is 23.2 Å². The number of nitrogens with one attached hydrogen (secondary N) is 1. The van der Waals surface area contributed by atoms with Crippen LogP contribution in [0.25, 0.3) is 0 Å². The Kier molecular flexibility index (Phi) is 9.62. The van der Waals surface area contributed by atoms with Crippen molar-refractivity contribution in [2.75, 3.05) is 11.4 Å². The predicted molar refractivity (Wildman–Crippen MR) is 138 cm³/mol. The summed E-state index contributed by atoms with van der Waals surface area (Å²) in [5.74, 6) is 3.90. The first-order valence-corrected chi connectivity index (χ1v) is 13.2. The second-order valence-corrected chi connectivity index (χ2v) is 10.2. The first-order chi connectivity index (χ1) is 19.1. The smallest absolute Gasteiger partial charge is 0.300 e. The van der Waals surface area contributed by atoms with E-state index >= 15 is 0 Å². The molecule has 0 heterocycles. The maximum Gasteiger partial charge on any atom is 0.416 e. The lowest BCUT2D eigenvalue weighted by molar-refractivity contribution is -0.143. The first-order valence-electron chi connectivity index (χ1n) is 11.6. The molecule has 0 aliphatic carbocycles. The van der Waals surface area contributed by atoms with Gasteiger partial charge in [0.05, 0.1) is 24.1 Å². The molecule has 3 aromatic carbocycles. The highest BCUT2D eigenvalue weighted by Crippen LogP contribution is 2.37. The number of anilines is 1. The Balaban J connectivity index is 1.89. The molecule has 41 heavy (non-hydrogen) atoms. The molecular weight excluding hydrogens is 577 g/mol. The fourth-order valence-electron chi connectivity index (χ4n) is 3.60. The summed E-state index contributed by atoms with van der Waals surface area (Å²) in [5.41, 5.74) is -2.72. The van der Waals surface area contributed by atoms with Crippen molar-refractivity contribution in [2.24, 2.45) is 0 Å². The van der Waals surface area contributed by atoms with E-state index in [1.54, 1.807) is 24.3 Å². The van der Waals surface area contributed by atoms with E-state index in [1.165, 1.54) is 12.1 Å². The summed E-state index contributed by atoms with van der Waals surface area (Å²) in [6.45, 7) is 2.77. The number of hydrogen-bond acceptors (Lipinski definition) is 3. The SMILES string of the molecule is C=CS(=O)(=O)NCc1cccc(C#CCN(C(=O)Cc2ccc(C(F)(F)F)cc2C(F)(F)F)c2ccc(F)cc2)c1. The largest absolute Gasteiger partial charge is 0.416 e. The molecule has 1 N–H and O–H groups in total. The minimum Gasteiger partial charge on any atom is -0.300 e. The van der Waals surface area contributed by atoms with Crippen LogP contribution >= 0.6 is 0 Å². The number of rotatable bonds is 8. The van der Waals surface area contributed by atoms with E-state index in [0.29, 0.717) is 23.3 Å². The molecule has 1 amide bonds. The molecule has 0 saturated carbocycles.